The number of hydrogen-bond donors (Lipinski definition) is 2. The topological polar surface area (TPSA) is 79.1 Å². The summed E-state index contributed by atoms with van der Waals surface area (Å²) in [5.74, 6) is 3.84. The zero-order valence-electron chi connectivity index (χ0n) is 16.6. The van der Waals surface area contributed by atoms with Gasteiger partial charge in [0, 0.05) is 45.5 Å². The zero-order valence-corrected chi connectivity index (χ0v) is 19.8. The average molecular weight is 522 g/mol. The molecule has 158 valence electrons. The molecular weight excluding hydrogens is 491 g/mol. The highest BCUT2D eigenvalue weighted by Crippen LogP contribution is 2.38. The normalized spacial score (nSPS) is 24.6. The van der Waals surface area contributed by atoms with E-state index in [2.05, 4.69) is 15.6 Å². The summed E-state index contributed by atoms with van der Waals surface area (Å²) in [7, 11) is 3.49. The first kappa shape index (κ1) is 23.3. The minimum atomic E-state index is -0.0159. The Kier molecular flexibility index (Phi) is 9.42. The van der Waals surface area contributed by atoms with Crippen molar-refractivity contribution in [3.63, 3.8) is 0 Å². The predicted molar refractivity (Wildman–Crippen MR) is 124 cm³/mol. The number of carbonyl (C=O) groups excluding carboxylic acids is 1. The van der Waals surface area contributed by atoms with Crippen molar-refractivity contribution >= 4 is 47.6 Å². The molecule has 0 aliphatic carbocycles. The molecule has 3 heterocycles. The van der Waals surface area contributed by atoms with Crippen LogP contribution in [0.25, 0.3) is 0 Å². The van der Waals surface area contributed by atoms with Gasteiger partial charge in [-0.3, -0.25) is 4.79 Å². The zero-order chi connectivity index (χ0) is 19.1. The molecule has 3 rings (SSSR count). The molecule has 2 saturated heterocycles. The van der Waals surface area contributed by atoms with Gasteiger partial charge in [-0.25, -0.2) is 4.99 Å². The molecular formula is C19H31IN4O3S. The van der Waals surface area contributed by atoms with E-state index in [-0.39, 0.29) is 42.0 Å². The molecule has 0 bridgehead atoms. The number of nitrogens with zero attached hydrogens (tertiary/aromatic N) is 2. The molecule has 0 saturated carbocycles. The number of halogens is 1. The second-order valence-corrected chi connectivity index (χ2v) is 8.48. The third-order valence-electron chi connectivity index (χ3n) is 5.02. The molecule has 0 radical (unpaired) electrons. The highest BCUT2D eigenvalue weighted by atomic mass is 127. The lowest BCUT2D eigenvalue weighted by atomic mass is 9.90. The Morgan fingerprint density at radius 2 is 2.32 bits per heavy atom. The van der Waals surface area contributed by atoms with Crippen molar-refractivity contribution in [3.8, 4) is 0 Å². The molecule has 2 unspecified atom stereocenters. The van der Waals surface area contributed by atoms with E-state index in [1.54, 1.807) is 25.3 Å². The molecule has 2 atom stereocenters. The van der Waals surface area contributed by atoms with Gasteiger partial charge < -0.3 is 24.7 Å². The largest absolute Gasteiger partial charge is 0.469 e. The quantitative estimate of drug-likeness (QED) is 0.339. The number of furan rings is 1. The summed E-state index contributed by atoms with van der Waals surface area (Å²) in [6.45, 7) is 1.60. The minimum Gasteiger partial charge on any atom is -0.469 e. The molecule has 1 amide bonds. The molecule has 2 N–H and O–H groups in total. The highest BCUT2D eigenvalue weighted by molar-refractivity contribution is 14.0. The number of ether oxygens (including phenoxy) is 1. The number of likely N-dealkylation sites (N-methyl/N-ethyl adjacent to an activating group) is 1. The fraction of sp³-hybridized carbons (Fsp3) is 0.684. The van der Waals surface area contributed by atoms with Gasteiger partial charge in [-0.1, -0.05) is 0 Å². The van der Waals surface area contributed by atoms with Gasteiger partial charge in [0.1, 0.15) is 12.3 Å². The molecule has 1 aromatic heterocycles. The first-order chi connectivity index (χ1) is 13.1. The summed E-state index contributed by atoms with van der Waals surface area (Å²) < 4.78 is 11.5. The van der Waals surface area contributed by atoms with Crippen LogP contribution in [-0.2, 0) is 16.0 Å². The Labute approximate surface area is 188 Å². The Bertz CT molecular complexity index is 633. The standard InChI is InChI=1S/C19H30N4O3S.HI/c1-23(2)17(24)13-21-18(20-8-5-16-4-3-9-25-16)22-15-6-10-26-19(12-15)7-11-27-14-19;/h3-4,9,15H,5-8,10-14H2,1-2H3,(H2,20,21,22);1H. The second-order valence-electron chi connectivity index (χ2n) is 7.38. The Balaban J connectivity index is 0.00000280. The second kappa shape index (κ2) is 11.3. The number of aliphatic imine (C=N–C) groups is 1. The lowest BCUT2D eigenvalue weighted by Crippen LogP contribution is -2.52. The number of carbonyl (C=O) groups is 1. The van der Waals surface area contributed by atoms with Crippen LogP contribution in [0.15, 0.2) is 27.8 Å². The maximum absolute atomic E-state index is 11.9. The van der Waals surface area contributed by atoms with Crippen molar-refractivity contribution in [2.24, 2.45) is 4.99 Å². The number of nitrogens with one attached hydrogen (secondary N) is 2. The lowest BCUT2D eigenvalue weighted by Gasteiger charge is -2.38. The number of guanidine groups is 1. The average Bonchev–Trinajstić information content (AvgIpc) is 3.32. The minimum absolute atomic E-state index is 0. The third kappa shape index (κ3) is 6.84. The molecule has 2 aliphatic rings. The summed E-state index contributed by atoms with van der Waals surface area (Å²) in [4.78, 5) is 18.0. The van der Waals surface area contributed by atoms with Crippen molar-refractivity contribution in [1.29, 1.82) is 0 Å². The fourth-order valence-electron chi connectivity index (χ4n) is 3.41. The smallest absolute Gasteiger partial charge is 0.243 e. The Hall–Kier alpha value is -0.940. The van der Waals surface area contributed by atoms with Crippen molar-refractivity contribution < 1.29 is 13.9 Å². The van der Waals surface area contributed by atoms with E-state index in [4.69, 9.17) is 9.15 Å². The van der Waals surface area contributed by atoms with Crippen molar-refractivity contribution in [2.45, 2.75) is 37.3 Å². The summed E-state index contributed by atoms with van der Waals surface area (Å²) in [5.41, 5.74) is 0.0132. The molecule has 1 aromatic rings. The van der Waals surface area contributed by atoms with Crippen LogP contribution < -0.4 is 10.6 Å². The summed E-state index contributed by atoms with van der Waals surface area (Å²) in [6.07, 6.45) is 5.50. The van der Waals surface area contributed by atoms with Crippen LogP contribution in [0.5, 0.6) is 0 Å². The molecule has 2 aliphatic heterocycles. The van der Waals surface area contributed by atoms with Crippen LogP contribution in [0.3, 0.4) is 0 Å². The highest BCUT2D eigenvalue weighted by Gasteiger charge is 2.40. The van der Waals surface area contributed by atoms with Gasteiger partial charge in [0.05, 0.1) is 11.9 Å². The van der Waals surface area contributed by atoms with Crippen molar-refractivity contribution in [2.75, 3.05) is 45.3 Å². The van der Waals surface area contributed by atoms with E-state index in [1.165, 1.54) is 5.75 Å². The first-order valence-corrected chi connectivity index (χ1v) is 10.7. The summed E-state index contributed by atoms with van der Waals surface area (Å²) in [5, 5.41) is 6.87. The number of hydrogen-bond acceptors (Lipinski definition) is 5. The van der Waals surface area contributed by atoms with Gasteiger partial charge in [0.2, 0.25) is 5.91 Å². The number of amides is 1. The Morgan fingerprint density at radius 1 is 1.46 bits per heavy atom. The predicted octanol–water partition coefficient (Wildman–Crippen LogP) is 2.12. The van der Waals surface area contributed by atoms with Gasteiger partial charge in [-0.15, -0.1) is 24.0 Å². The van der Waals surface area contributed by atoms with Crippen LogP contribution in [0.1, 0.15) is 25.0 Å². The van der Waals surface area contributed by atoms with E-state index in [1.807, 2.05) is 23.9 Å². The first-order valence-electron chi connectivity index (χ1n) is 9.55. The van der Waals surface area contributed by atoms with E-state index in [0.29, 0.717) is 18.5 Å². The monoisotopic (exact) mass is 522 g/mol. The SMILES string of the molecule is CN(C)C(=O)CN=C(NCCc1ccco1)NC1CCOC2(CCSC2)C1.I. The maximum Gasteiger partial charge on any atom is 0.243 e. The number of rotatable bonds is 6. The van der Waals surface area contributed by atoms with E-state index >= 15 is 0 Å². The van der Waals surface area contributed by atoms with Crippen LogP contribution in [0, 0.1) is 0 Å². The third-order valence-corrected chi connectivity index (χ3v) is 6.24. The maximum atomic E-state index is 11.9. The van der Waals surface area contributed by atoms with Crippen molar-refractivity contribution in [1.82, 2.24) is 15.5 Å². The van der Waals surface area contributed by atoms with E-state index in [9.17, 15) is 4.79 Å². The molecule has 28 heavy (non-hydrogen) atoms. The van der Waals surface area contributed by atoms with E-state index < -0.39 is 0 Å². The summed E-state index contributed by atoms with van der Waals surface area (Å²) in [6, 6.07) is 4.16. The molecule has 9 heteroatoms. The molecule has 1 spiro atoms. The Morgan fingerprint density at radius 3 is 3.00 bits per heavy atom. The van der Waals surface area contributed by atoms with Gasteiger partial charge in [-0.05, 0) is 37.1 Å². The lowest BCUT2D eigenvalue weighted by molar-refractivity contribution is -0.127. The van der Waals surface area contributed by atoms with Gasteiger partial charge in [-0.2, -0.15) is 11.8 Å². The summed E-state index contributed by atoms with van der Waals surface area (Å²) >= 11 is 1.97. The van der Waals surface area contributed by atoms with Crippen LogP contribution in [-0.4, -0.2) is 73.7 Å². The van der Waals surface area contributed by atoms with Gasteiger partial charge in [0.15, 0.2) is 5.96 Å². The van der Waals surface area contributed by atoms with E-state index in [0.717, 1.165) is 43.8 Å². The van der Waals surface area contributed by atoms with Gasteiger partial charge >= 0.3 is 0 Å². The van der Waals surface area contributed by atoms with Crippen LogP contribution >= 0.6 is 35.7 Å². The molecule has 7 nitrogen and oxygen atoms in total. The molecule has 0 aromatic carbocycles. The fourth-order valence-corrected chi connectivity index (χ4v) is 4.79. The molecule has 2 fully saturated rings. The van der Waals surface area contributed by atoms with Crippen molar-refractivity contribution in [3.05, 3.63) is 24.2 Å². The van der Waals surface area contributed by atoms with Crippen LogP contribution in [0.2, 0.25) is 0 Å². The van der Waals surface area contributed by atoms with Gasteiger partial charge in [0.25, 0.3) is 0 Å². The van der Waals surface area contributed by atoms with Crippen LogP contribution in [0.4, 0.5) is 0 Å². The number of thioether (sulfide) groups is 1.